The van der Waals surface area contributed by atoms with Crippen molar-refractivity contribution >= 4 is 23.0 Å². The summed E-state index contributed by atoms with van der Waals surface area (Å²) in [5, 5.41) is 21.1. The number of fused-ring (bicyclic) bond motifs is 2. The molecule has 3 heterocycles. The molecule has 5 rings (SSSR count). The van der Waals surface area contributed by atoms with Crippen LogP contribution in [0.15, 0.2) is 24.3 Å². The molecule has 2 aromatic rings. The smallest absolute Gasteiger partial charge is 0.410 e. The molecule has 1 N–H and O–H groups in total. The van der Waals surface area contributed by atoms with Gasteiger partial charge in [0.1, 0.15) is 16.8 Å². The summed E-state index contributed by atoms with van der Waals surface area (Å²) < 4.78 is 12.7. The van der Waals surface area contributed by atoms with Crippen LogP contribution in [0, 0.1) is 23.2 Å². The average molecular weight is 452 g/mol. The fraction of sp³-hybridized carbons (Fsp3) is 0.560. The first-order valence-corrected chi connectivity index (χ1v) is 11.5. The summed E-state index contributed by atoms with van der Waals surface area (Å²) in [4.78, 5) is 26.3. The third kappa shape index (κ3) is 3.46. The lowest BCUT2D eigenvalue weighted by Gasteiger charge is -2.28. The van der Waals surface area contributed by atoms with Gasteiger partial charge in [0.25, 0.3) is 0 Å². The molecular formula is C25H29N3O5. The number of ether oxygens (including phenoxy) is 2. The van der Waals surface area contributed by atoms with E-state index in [1.165, 1.54) is 5.56 Å². The van der Waals surface area contributed by atoms with Gasteiger partial charge in [-0.2, -0.15) is 5.26 Å². The standard InChI is InChI=1S/C25H29N3O5/c1-24(2,3)33-23(31)27-12-18-19(13-27)25(18,14-26)28-20-5-4-16(15-6-8-32-9-7-15)10-17(20)11-21(28)22(29)30/h4-5,10-11,15,18-19H,6-9,12-13H2,1-3H3,(H,29,30). The highest BCUT2D eigenvalue weighted by Crippen LogP contribution is 2.61. The second-order valence-electron chi connectivity index (χ2n) is 10.4. The van der Waals surface area contributed by atoms with E-state index in [1.54, 1.807) is 15.5 Å². The summed E-state index contributed by atoms with van der Waals surface area (Å²) in [5.74, 6) is -0.910. The molecular weight excluding hydrogens is 422 g/mol. The molecule has 1 aromatic carbocycles. The third-order valence-corrected chi connectivity index (χ3v) is 7.28. The van der Waals surface area contributed by atoms with Crippen LogP contribution in [0.5, 0.6) is 0 Å². The zero-order valence-corrected chi connectivity index (χ0v) is 19.2. The van der Waals surface area contributed by atoms with Crippen LogP contribution in [-0.4, -0.2) is 58.5 Å². The number of rotatable bonds is 3. The molecule has 3 fully saturated rings. The molecule has 0 bridgehead atoms. The van der Waals surface area contributed by atoms with E-state index in [0.29, 0.717) is 19.0 Å². The number of piperidine rings is 1. The minimum absolute atomic E-state index is 0.119. The lowest BCUT2D eigenvalue weighted by molar-refractivity contribution is 0.0258. The van der Waals surface area contributed by atoms with Crippen molar-refractivity contribution in [1.29, 1.82) is 5.26 Å². The topological polar surface area (TPSA) is 105 Å². The lowest BCUT2D eigenvalue weighted by atomic mass is 9.91. The maximum Gasteiger partial charge on any atom is 0.410 e. The van der Waals surface area contributed by atoms with E-state index in [4.69, 9.17) is 9.47 Å². The number of nitriles is 1. The number of aromatic carboxylic acids is 1. The molecule has 3 aliphatic rings. The molecule has 0 spiro atoms. The van der Waals surface area contributed by atoms with Gasteiger partial charge in [0.15, 0.2) is 0 Å². The van der Waals surface area contributed by atoms with Crippen LogP contribution >= 0.6 is 0 Å². The van der Waals surface area contributed by atoms with E-state index >= 15 is 0 Å². The van der Waals surface area contributed by atoms with Crippen LogP contribution in [0.1, 0.15) is 55.6 Å². The molecule has 0 radical (unpaired) electrons. The Morgan fingerprint density at radius 1 is 1.18 bits per heavy atom. The number of hydrogen-bond acceptors (Lipinski definition) is 5. The minimum atomic E-state index is -1.05. The van der Waals surface area contributed by atoms with Gasteiger partial charge in [0.05, 0.1) is 11.6 Å². The Morgan fingerprint density at radius 2 is 1.85 bits per heavy atom. The van der Waals surface area contributed by atoms with Gasteiger partial charge in [-0.25, -0.2) is 9.59 Å². The number of likely N-dealkylation sites (tertiary alicyclic amines) is 1. The Bertz CT molecular complexity index is 1150. The predicted octanol–water partition coefficient (Wildman–Crippen LogP) is 3.95. The summed E-state index contributed by atoms with van der Waals surface area (Å²) >= 11 is 0. The number of carboxylic acid groups (broad SMARTS) is 1. The van der Waals surface area contributed by atoms with E-state index in [9.17, 15) is 20.0 Å². The van der Waals surface area contributed by atoms with Gasteiger partial charge in [-0.05, 0) is 63.3 Å². The molecule has 2 saturated heterocycles. The Kier molecular flexibility index (Phi) is 4.94. The monoisotopic (exact) mass is 451 g/mol. The molecule has 2 aliphatic heterocycles. The minimum Gasteiger partial charge on any atom is -0.477 e. The molecule has 8 nitrogen and oxygen atoms in total. The second kappa shape index (κ2) is 7.49. The van der Waals surface area contributed by atoms with Crippen molar-refractivity contribution in [1.82, 2.24) is 9.47 Å². The number of carboxylic acids is 1. The van der Waals surface area contributed by atoms with Crippen LogP contribution in [0.25, 0.3) is 10.9 Å². The van der Waals surface area contributed by atoms with E-state index in [-0.39, 0.29) is 17.5 Å². The van der Waals surface area contributed by atoms with Crippen LogP contribution < -0.4 is 0 Å². The average Bonchev–Trinajstić information content (AvgIpc) is 3.11. The zero-order valence-electron chi connectivity index (χ0n) is 19.2. The highest BCUT2D eigenvalue weighted by Gasteiger charge is 2.72. The Hall–Kier alpha value is -3.05. The summed E-state index contributed by atoms with van der Waals surface area (Å²) in [6, 6.07) is 10.2. The molecule has 8 heteroatoms. The number of hydrogen-bond donors (Lipinski definition) is 1. The largest absolute Gasteiger partial charge is 0.477 e. The second-order valence-corrected chi connectivity index (χ2v) is 10.4. The Balaban J connectivity index is 1.48. The molecule has 174 valence electrons. The summed E-state index contributed by atoms with van der Waals surface area (Å²) in [6.07, 6.45) is 1.51. The molecule has 2 unspecified atom stereocenters. The summed E-state index contributed by atoms with van der Waals surface area (Å²) in [6.45, 7) is 7.69. The Morgan fingerprint density at radius 3 is 2.42 bits per heavy atom. The number of nitrogens with zero attached hydrogens (tertiary/aromatic N) is 3. The highest BCUT2D eigenvalue weighted by atomic mass is 16.6. The predicted molar refractivity (Wildman–Crippen MR) is 120 cm³/mol. The first-order valence-electron chi connectivity index (χ1n) is 11.5. The van der Waals surface area contributed by atoms with Crippen LogP contribution in [-0.2, 0) is 15.0 Å². The number of amides is 1. The molecule has 1 amide bonds. The van der Waals surface area contributed by atoms with Crippen LogP contribution in [0.2, 0.25) is 0 Å². The zero-order chi connectivity index (χ0) is 23.5. The summed E-state index contributed by atoms with van der Waals surface area (Å²) in [5.41, 5.74) is 0.495. The molecule has 2 atom stereocenters. The van der Waals surface area contributed by atoms with E-state index in [2.05, 4.69) is 18.2 Å². The van der Waals surface area contributed by atoms with E-state index in [0.717, 1.165) is 37.0 Å². The van der Waals surface area contributed by atoms with Gasteiger partial charge in [-0.15, -0.1) is 0 Å². The van der Waals surface area contributed by atoms with E-state index < -0.39 is 23.2 Å². The van der Waals surface area contributed by atoms with Gasteiger partial charge in [0, 0.05) is 43.5 Å². The number of carbonyl (C=O) groups is 2. The molecule has 1 aliphatic carbocycles. The van der Waals surface area contributed by atoms with Crippen molar-refractivity contribution in [2.45, 2.75) is 50.7 Å². The fourth-order valence-electron chi connectivity index (χ4n) is 5.70. The first kappa shape index (κ1) is 21.8. The van der Waals surface area contributed by atoms with Gasteiger partial charge >= 0.3 is 12.1 Å². The normalized spacial score (nSPS) is 27.3. The number of benzene rings is 1. The molecule has 1 aromatic heterocycles. The van der Waals surface area contributed by atoms with Crippen molar-refractivity contribution in [3.63, 3.8) is 0 Å². The highest BCUT2D eigenvalue weighted by molar-refractivity contribution is 5.95. The Labute approximate surface area is 192 Å². The van der Waals surface area contributed by atoms with Crippen LogP contribution in [0.4, 0.5) is 4.79 Å². The maximum absolute atomic E-state index is 12.5. The van der Waals surface area contributed by atoms with Crippen molar-refractivity contribution < 1.29 is 24.2 Å². The first-order chi connectivity index (χ1) is 15.7. The van der Waals surface area contributed by atoms with Crippen molar-refractivity contribution in [2.75, 3.05) is 26.3 Å². The quantitative estimate of drug-likeness (QED) is 0.758. The van der Waals surface area contributed by atoms with Crippen LogP contribution in [0.3, 0.4) is 0 Å². The van der Waals surface area contributed by atoms with Crippen molar-refractivity contribution in [2.24, 2.45) is 11.8 Å². The lowest BCUT2D eigenvalue weighted by Crippen LogP contribution is -2.40. The van der Waals surface area contributed by atoms with Gasteiger partial charge in [0.2, 0.25) is 0 Å². The number of aromatic nitrogens is 1. The summed E-state index contributed by atoms with van der Waals surface area (Å²) in [7, 11) is 0. The van der Waals surface area contributed by atoms with E-state index in [1.807, 2.05) is 26.8 Å². The SMILES string of the molecule is CC(C)(C)OC(=O)N1CC2C(C1)C2(C#N)n1c(C(=O)O)cc2cc(C3CCOCC3)ccc21. The fourth-order valence-corrected chi connectivity index (χ4v) is 5.70. The molecule has 33 heavy (non-hydrogen) atoms. The van der Waals surface area contributed by atoms with Gasteiger partial charge in [-0.1, -0.05) is 6.07 Å². The molecule has 1 saturated carbocycles. The number of carbonyl (C=O) groups excluding carboxylic acids is 1. The third-order valence-electron chi connectivity index (χ3n) is 7.28. The van der Waals surface area contributed by atoms with Crippen molar-refractivity contribution in [3.05, 3.63) is 35.5 Å². The maximum atomic E-state index is 12.5. The van der Waals surface area contributed by atoms with Crippen molar-refractivity contribution in [3.8, 4) is 6.07 Å². The van der Waals surface area contributed by atoms with Gasteiger partial charge < -0.3 is 24.0 Å². The van der Waals surface area contributed by atoms with Gasteiger partial charge in [-0.3, -0.25) is 0 Å².